The van der Waals surface area contributed by atoms with Crippen molar-refractivity contribution in [1.29, 1.82) is 0 Å². The molecule has 0 saturated heterocycles. The van der Waals surface area contributed by atoms with E-state index in [1.807, 2.05) is 14.0 Å². The van der Waals surface area contributed by atoms with Gasteiger partial charge in [-0.25, -0.2) is 4.98 Å². The molecule has 13 heavy (non-hydrogen) atoms. The molecule has 0 aromatic carbocycles. The number of aryl methyl sites for hydroxylation is 1. The Labute approximate surface area is 78.9 Å². The molecular formula is C9H17N3O. The molecule has 1 heterocycles. The van der Waals surface area contributed by atoms with E-state index in [9.17, 15) is 0 Å². The summed E-state index contributed by atoms with van der Waals surface area (Å²) in [4.78, 5) is 6.24. The number of nitrogens with zero attached hydrogens (tertiary/aromatic N) is 2. The third-order valence-corrected chi connectivity index (χ3v) is 2.00. The fourth-order valence-electron chi connectivity index (χ4n) is 1.10. The van der Waals surface area contributed by atoms with E-state index in [0.717, 1.165) is 31.1 Å². The largest absolute Gasteiger partial charge is 0.447 e. The van der Waals surface area contributed by atoms with Gasteiger partial charge in [-0.1, -0.05) is 0 Å². The highest BCUT2D eigenvalue weighted by molar-refractivity contribution is 5.03. The maximum atomic E-state index is 5.24. The predicted octanol–water partition coefficient (Wildman–Crippen LogP) is 0.634. The third kappa shape index (κ3) is 3.16. The first-order valence-electron chi connectivity index (χ1n) is 4.46. The number of aromatic nitrogens is 1. The Morgan fingerprint density at radius 2 is 2.38 bits per heavy atom. The van der Waals surface area contributed by atoms with Gasteiger partial charge in [0.15, 0.2) is 6.39 Å². The van der Waals surface area contributed by atoms with Crippen LogP contribution in [0.25, 0.3) is 0 Å². The highest BCUT2D eigenvalue weighted by Crippen LogP contribution is 2.06. The van der Waals surface area contributed by atoms with Gasteiger partial charge in [0.25, 0.3) is 0 Å². The Bertz CT molecular complexity index is 247. The molecule has 1 aromatic rings. The molecule has 0 saturated carbocycles. The van der Waals surface area contributed by atoms with Gasteiger partial charge in [0.1, 0.15) is 5.76 Å². The average molecular weight is 183 g/mol. The monoisotopic (exact) mass is 183 g/mol. The number of rotatable bonds is 5. The molecule has 0 bridgehead atoms. The van der Waals surface area contributed by atoms with E-state index in [2.05, 4.69) is 22.2 Å². The lowest BCUT2D eigenvalue weighted by molar-refractivity contribution is 0.295. The molecule has 1 aromatic heterocycles. The minimum Gasteiger partial charge on any atom is -0.447 e. The molecule has 1 N–H and O–H groups in total. The normalized spacial score (nSPS) is 11.1. The molecule has 0 amide bonds. The summed E-state index contributed by atoms with van der Waals surface area (Å²) in [7, 11) is 4.02. The van der Waals surface area contributed by atoms with Crippen LogP contribution in [0, 0.1) is 6.92 Å². The van der Waals surface area contributed by atoms with Crippen molar-refractivity contribution in [2.24, 2.45) is 0 Å². The zero-order valence-electron chi connectivity index (χ0n) is 8.50. The smallest absolute Gasteiger partial charge is 0.181 e. The maximum Gasteiger partial charge on any atom is 0.181 e. The zero-order chi connectivity index (χ0) is 9.68. The Kier molecular flexibility index (Phi) is 3.92. The van der Waals surface area contributed by atoms with Gasteiger partial charge in [-0.15, -0.1) is 0 Å². The molecule has 0 radical (unpaired) electrons. The lowest BCUT2D eigenvalue weighted by atomic mass is 10.3. The predicted molar refractivity (Wildman–Crippen MR) is 51.5 cm³/mol. The molecule has 1 rings (SSSR count). The van der Waals surface area contributed by atoms with Crippen LogP contribution >= 0.6 is 0 Å². The fraction of sp³-hybridized carbons (Fsp3) is 0.667. The zero-order valence-corrected chi connectivity index (χ0v) is 8.50. The van der Waals surface area contributed by atoms with Gasteiger partial charge in [-0.3, -0.25) is 4.90 Å². The number of hydrogen-bond acceptors (Lipinski definition) is 4. The Balaban J connectivity index is 2.36. The quantitative estimate of drug-likeness (QED) is 0.727. The van der Waals surface area contributed by atoms with Crippen LogP contribution in [-0.2, 0) is 6.54 Å². The summed E-state index contributed by atoms with van der Waals surface area (Å²) in [5.74, 6) is 0.957. The van der Waals surface area contributed by atoms with Crippen LogP contribution in [0.15, 0.2) is 10.8 Å². The number of likely N-dealkylation sites (N-methyl/N-ethyl adjacent to an activating group) is 2. The van der Waals surface area contributed by atoms with Gasteiger partial charge >= 0.3 is 0 Å². The first kappa shape index (κ1) is 10.2. The van der Waals surface area contributed by atoms with Crippen LogP contribution in [0.5, 0.6) is 0 Å². The van der Waals surface area contributed by atoms with Crippen molar-refractivity contribution < 1.29 is 4.42 Å². The van der Waals surface area contributed by atoms with Gasteiger partial charge in [-0.2, -0.15) is 0 Å². The molecule has 0 aliphatic rings. The molecular weight excluding hydrogens is 166 g/mol. The van der Waals surface area contributed by atoms with Gasteiger partial charge < -0.3 is 9.73 Å². The molecule has 74 valence electrons. The van der Waals surface area contributed by atoms with E-state index in [-0.39, 0.29) is 0 Å². The third-order valence-electron chi connectivity index (χ3n) is 2.00. The maximum absolute atomic E-state index is 5.24. The van der Waals surface area contributed by atoms with Crippen molar-refractivity contribution in [3.63, 3.8) is 0 Å². The van der Waals surface area contributed by atoms with Gasteiger partial charge in [0, 0.05) is 13.1 Å². The van der Waals surface area contributed by atoms with Crippen LogP contribution in [0.3, 0.4) is 0 Å². The lowest BCUT2D eigenvalue weighted by Gasteiger charge is -2.14. The molecule has 0 aliphatic carbocycles. The Morgan fingerprint density at radius 1 is 1.62 bits per heavy atom. The summed E-state index contributed by atoms with van der Waals surface area (Å²) in [6, 6.07) is 0. The molecule has 0 unspecified atom stereocenters. The Hall–Kier alpha value is -0.870. The summed E-state index contributed by atoms with van der Waals surface area (Å²) < 4.78 is 5.24. The topological polar surface area (TPSA) is 41.3 Å². The van der Waals surface area contributed by atoms with Crippen LogP contribution in [-0.4, -0.2) is 37.1 Å². The highest BCUT2D eigenvalue weighted by atomic mass is 16.3. The van der Waals surface area contributed by atoms with Crippen LogP contribution < -0.4 is 5.32 Å². The molecule has 0 aliphatic heterocycles. The number of oxazole rings is 1. The van der Waals surface area contributed by atoms with E-state index < -0.39 is 0 Å². The average Bonchev–Trinajstić information content (AvgIpc) is 2.48. The second kappa shape index (κ2) is 4.99. The highest BCUT2D eigenvalue weighted by Gasteiger charge is 2.06. The van der Waals surface area contributed by atoms with E-state index in [4.69, 9.17) is 4.42 Å². The molecule has 0 fully saturated rings. The van der Waals surface area contributed by atoms with Gasteiger partial charge in [-0.05, 0) is 21.0 Å². The van der Waals surface area contributed by atoms with Crippen LogP contribution in [0.2, 0.25) is 0 Å². The van der Waals surface area contributed by atoms with Crippen molar-refractivity contribution >= 4 is 0 Å². The molecule has 4 nitrogen and oxygen atoms in total. The second-order valence-electron chi connectivity index (χ2n) is 3.20. The van der Waals surface area contributed by atoms with Crippen molar-refractivity contribution in [3.05, 3.63) is 17.8 Å². The van der Waals surface area contributed by atoms with E-state index >= 15 is 0 Å². The van der Waals surface area contributed by atoms with Crippen molar-refractivity contribution in [2.75, 3.05) is 27.2 Å². The summed E-state index contributed by atoms with van der Waals surface area (Å²) in [6.45, 7) is 4.79. The standard InChI is InChI=1S/C9H17N3O/c1-8-9(13-7-11-8)6-12(3)5-4-10-2/h7,10H,4-6H2,1-3H3. The minimum atomic E-state index is 0.827. The molecule has 4 heteroatoms. The molecule has 0 atom stereocenters. The van der Waals surface area contributed by atoms with E-state index in [0.29, 0.717) is 0 Å². The lowest BCUT2D eigenvalue weighted by Crippen LogP contribution is -2.27. The van der Waals surface area contributed by atoms with Crippen LogP contribution in [0.1, 0.15) is 11.5 Å². The Morgan fingerprint density at radius 3 is 2.92 bits per heavy atom. The van der Waals surface area contributed by atoms with Crippen LogP contribution in [0.4, 0.5) is 0 Å². The fourth-order valence-corrected chi connectivity index (χ4v) is 1.10. The number of hydrogen-bond donors (Lipinski definition) is 1. The number of nitrogens with one attached hydrogen (secondary N) is 1. The van der Waals surface area contributed by atoms with Gasteiger partial charge in [0.2, 0.25) is 0 Å². The summed E-state index contributed by atoms with van der Waals surface area (Å²) in [5, 5.41) is 3.10. The van der Waals surface area contributed by atoms with Crippen molar-refractivity contribution in [3.8, 4) is 0 Å². The van der Waals surface area contributed by atoms with Crippen molar-refractivity contribution in [1.82, 2.24) is 15.2 Å². The minimum absolute atomic E-state index is 0.827. The van der Waals surface area contributed by atoms with Gasteiger partial charge in [0.05, 0.1) is 12.2 Å². The second-order valence-corrected chi connectivity index (χ2v) is 3.20. The summed E-state index contributed by atoms with van der Waals surface area (Å²) >= 11 is 0. The summed E-state index contributed by atoms with van der Waals surface area (Å²) in [6.07, 6.45) is 1.50. The first-order chi connectivity index (χ1) is 6.24. The molecule has 0 spiro atoms. The van der Waals surface area contributed by atoms with E-state index in [1.165, 1.54) is 6.39 Å². The van der Waals surface area contributed by atoms with E-state index in [1.54, 1.807) is 0 Å². The van der Waals surface area contributed by atoms with Crippen molar-refractivity contribution in [2.45, 2.75) is 13.5 Å². The summed E-state index contributed by atoms with van der Waals surface area (Å²) in [5.41, 5.74) is 0.983. The first-order valence-corrected chi connectivity index (χ1v) is 4.46. The SMILES string of the molecule is CNCCN(C)Cc1ocnc1C.